The highest BCUT2D eigenvalue weighted by Gasteiger charge is 2.19. The molecule has 1 aliphatic rings. The van der Waals surface area contributed by atoms with Crippen molar-refractivity contribution in [2.24, 2.45) is 0 Å². The molecule has 0 spiro atoms. The van der Waals surface area contributed by atoms with Crippen LogP contribution < -0.4 is 10.2 Å². The Hall–Kier alpha value is -2.15. The monoisotopic (exact) mass is 303 g/mol. The van der Waals surface area contributed by atoms with Crippen LogP contribution in [0.15, 0.2) is 12.3 Å². The van der Waals surface area contributed by atoms with Crippen LogP contribution in [-0.2, 0) is 0 Å². The van der Waals surface area contributed by atoms with E-state index in [4.69, 9.17) is 5.11 Å². The van der Waals surface area contributed by atoms with Crippen LogP contribution >= 0.6 is 0 Å². The lowest BCUT2D eigenvalue weighted by Crippen LogP contribution is -2.24. The fraction of sp³-hybridized carbons (Fsp3) is 0.533. The SMILES string of the molecule is O=C(NCCCCO)c1cnc2[nH]nc(N3CCCC3)c2c1. The predicted molar refractivity (Wildman–Crippen MR) is 84.0 cm³/mol. The standard InChI is InChI=1S/C15H21N5O2/c21-8-4-1-5-16-15(22)11-9-12-13(17-10-11)18-19-14(12)20-6-2-3-7-20/h9-10,21H,1-8H2,(H,16,22)(H,17,18,19). The fourth-order valence-electron chi connectivity index (χ4n) is 2.73. The van der Waals surface area contributed by atoms with E-state index in [2.05, 4.69) is 25.4 Å². The number of aromatic nitrogens is 3. The van der Waals surface area contributed by atoms with Gasteiger partial charge < -0.3 is 15.3 Å². The Morgan fingerprint density at radius 1 is 1.36 bits per heavy atom. The maximum atomic E-state index is 12.1. The van der Waals surface area contributed by atoms with Gasteiger partial charge in [0.15, 0.2) is 11.5 Å². The Morgan fingerprint density at radius 2 is 2.18 bits per heavy atom. The molecule has 7 heteroatoms. The molecule has 3 heterocycles. The lowest BCUT2D eigenvalue weighted by molar-refractivity contribution is 0.0952. The molecule has 0 aromatic carbocycles. The van der Waals surface area contributed by atoms with Crippen molar-refractivity contribution in [1.29, 1.82) is 0 Å². The third kappa shape index (κ3) is 3.04. The zero-order valence-corrected chi connectivity index (χ0v) is 12.5. The maximum absolute atomic E-state index is 12.1. The predicted octanol–water partition coefficient (Wildman–Crippen LogP) is 1.06. The van der Waals surface area contributed by atoms with Crippen molar-refractivity contribution in [3.63, 3.8) is 0 Å². The normalized spacial score (nSPS) is 14.7. The molecule has 0 unspecified atom stereocenters. The molecule has 0 aliphatic carbocycles. The minimum Gasteiger partial charge on any atom is -0.396 e. The van der Waals surface area contributed by atoms with Crippen LogP contribution in [0.1, 0.15) is 36.0 Å². The van der Waals surface area contributed by atoms with Crippen molar-refractivity contribution >= 4 is 22.8 Å². The summed E-state index contributed by atoms with van der Waals surface area (Å²) in [7, 11) is 0. The molecule has 3 rings (SSSR count). The summed E-state index contributed by atoms with van der Waals surface area (Å²) >= 11 is 0. The summed E-state index contributed by atoms with van der Waals surface area (Å²) in [6, 6.07) is 1.85. The van der Waals surface area contributed by atoms with Crippen molar-refractivity contribution in [2.75, 3.05) is 31.1 Å². The Morgan fingerprint density at radius 3 is 2.95 bits per heavy atom. The average Bonchev–Trinajstić information content (AvgIpc) is 3.19. The van der Waals surface area contributed by atoms with E-state index >= 15 is 0 Å². The molecule has 118 valence electrons. The number of nitrogens with one attached hydrogen (secondary N) is 2. The zero-order valence-electron chi connectivity index (χ0n) is 12.5. The second kappa shape index (κ2) is 6.74. The number of pyridine rings is 1. The van der Waals surface area contributed by atoms with Crippen LogP contribution in [-0.4, -0.2) is 52.4 Å². The number of amides is 1. The highest BCUT2D eigenvalue weighted by atomic mass is 16.2. The molecule has 3 N–H and O–H groups in total. The number of carbonyl (C=O) groups is 1. The largest absolute Gasteiger partial charge is 0.396 e. The van der Waals surface area contributed by atoms with E-state index in [1.165, 1.54) is 12.8 Å². The van der Waals surface area contributed by atoms with Crippen molar-refractivity contribution in [3.8, 4) is 0 Å². The third-order valence-corrected chi connectivity index (χ3v) is 3.93. The van der Waals surface area contributed by atoms with E-state index in [-0.39, 0.29) is 12.5 Å². The molecule has 22 heavy (non-hydrogen) atoms. The molecule has 1 saturated heterocycles. The first-order valence-corrected chi connectivity index (χ1v) is 7.78. The van der Waals surface area contributed by atoms with Gasteiger partial charge >= 0.3 is 0 Å². The lowest BCUT2D eigenvalue weighted by atomic mass is 10.2. The van der Waals surface area contributed by atoms with Crippen LogP contribution in [0, 0.1) is 0 Å². The fourth-order valence-corrected chi connectivity index (χ4v) is 2.73. The number of rotatable bonds is 6. The molecular formula is C15H21N5O2. The minimum atomic E-state index is -0.138. The number of hydrogen-bond acceptors (Lipinski definition) is 5. The molecule has 1 fully saturated rings. The van der Waals surface area contributed by atoms with Crippen LogP contribution in [0.2, 0.25) is 0 Å². The molecule has 0 bridgehead atoms. The van der Waals surface area contributed by atoms with Crippen LogP contribution in [0.25, 0.3) is 11.0 Å². The second-order valence-electron chi connectivity index (χ2n) is 5.55. The van der Waals surface area contributed by atoms with Crippen molar-refractivity contribution in [1.82, 2.24) is 20.5 Å². The Bertz CT molecular complexity index is 648. The van der Waals surface area contributed by atoms with Gasteiger partial charge in [-0.15, -0.1) is 0 Å². The first-order valence-electron chi connectivity index (χ1n) is 7.78. The zero-order chi connectivity index (χ0) is 15.4. The topological polar surface area (TPSA) is 94.1 Å². The van der Waals surface area contributed by atoms with Gasteiger partial charge in [0.25, 0.3) is 5.91 Å². The quantitative estimate of drug-likeness (QED) is 0.694. The molecule has 1 aliphatic heterocycles. The highest BCUT2D eigenvalue weighted by molar-refractivity contribution is 5.99. The smallest absolute Gasteiger partial charge is 0.252 e. The van der Waals surface area contributed by atoms with Gasteiger partial charge in [0.2, 0.25) is 0 Å². The summed E-state index contributed by atoms with van der Waals surface area (Å²) in [6.45, 7) is 2.70. The summed E-state index contributed by atoms with van der Waals surface area (Å²) in [5.74, 6) is 0.746. The van der Waals surface area contributed by atoms with Crippen LogP contribution in [0.4, 0.5) is 5.82 Å². The molecule has 1 amide bonds. The van der Waals surface area contributed by atoms with Gasteiger partial charge in [0.05, 0.1) is 10.9 Å². The van der Waals surface area contributed by atoms with Gasteiger partial charge in [0, 0.05) is 32.4 Å². The molecule has 0 radical (unpaired) electrons. The minimum absolute atomic E-state index is 0.138. The van der Waals surface area contributed by atoms with Crippen molar-refractivity contribution < 1.29 is 9.90 Å². The summed E-state index contributed by atoms with van der Waals surface area (Å²) in [6.07, 6.45) is 5.37. The van der Waals surface area contributed by atoms with Gasteiger partial charge in [-0.3, -0.25) is 9.89 Å². The maximum Gasteiger partial charge on any atom is 0.252 e. The van der Waals surface area contributed by atoms with E-state index in [0.717, 1.165) is 30.7 Å². The summed E-state index contributed by atoms with van der Waals surface area (Å²) in [5, 5.41) is 19.8. The number of anilines is 1. The first kappa shape index (κ1) is 14.8. The molecule has 0 saturated carbocycles. The average molecular weight is 303 g/mol. The number of nitrogens with zero attached hydrogens (tertiary/aromatic N) is 3. The van der Waals surface area contributed by atoms with E-state index in [1.807, 2.05) is 6.07 Å². The van der Waals surface area contributed by atoms with E-state index in [9.17, 15) is 4.79 Å². The van der Waals surface area contributed by atoms with Gasteiger partial charge in [-0.2, -0.15) is 5.10 Å². The lowest BCUT2D eigenvalue weighted by Gasteiger charge is -2.14. The molecule has 7 nitrogen and oxygen atoms in total. The van der Waals surface area contributed by atoms with Gasteiger partial charge in [-0.1, -0.05) is 0 Å². The number of H-pyrrole nitrogens is 1. The van der Waals surface area contributed by atoms with E-state index in [1.54, 1.807) is 6.20 Å². The van der Waals surface area contributed by atoms with Gasteiger partial charge in [-0.25, -0.2) is 4.98 Å². The summed E-state index contributed by atoms with van der Waals surface area (Å²) in [5.41, 5.74) is 1.25. The number of carbonyl (C=O) groups excluding carboxylic acids is 1. The second-order valence-corrected chi connectivity index (χ2v) is 5.55. The number of unbranched alkanes of at least 4 members (excludes halogenated alkanes) is 1. The van der Waals surface area contributed by atoms with Crippen LogP contribution in [0.5, 0.6) is 0 Å². The number of fused-ring (bicyclic) bond motifs is 1. The Balaban J connectivity index is 1.76. The Kier molecular flexibility index (Phi) is 4.53. The number of aliphatic hydroxyl groups excluding tert-OH is 1. The molecular weight excluding hydrogens is 282 g/mol. The van der Waals surface area contributed by atoms with Crippen LogP contribution in [0.3, 0.4) is 0 Å². The summed E-state index contributed by atoms with van der Waals surface area (Å²) in [4.78, 5) is 18.7. The molecule has 2 aromatic rings. The highest BCUT2D eigenvalue weighted by Crippen LogP contribution is 2.26. The van der Waals surface area contributed by atoms with Crippen molar-refractivity contribution in [2.45, 2.75) is 25.7 Å². The molecule has 2 aromatic heterocycles. The summed E-state index contributed by atoms with van der Waals surface area (Å²) < 4.78 is 0. The first-order chi connectivity index (χ1) is 10.8. The van der Waals surface area contributed by atoms with E-state index in [0.29, 0.717) is 24.2 Å². The number of aliphatic hydroxyl groups is 1. The van der Waals surface area contributed by atoms with Gasteiger partial charge in [0.1, 0.15) is 0 Å². The Labute approximate surface area is 128 Å². The third-order valence-electron chi connectivity index (χ3n) is 3.93. The van der Waals surface area contributed by atoms with Crippen molar-refractivity contribution in [3.05, 3.63) is 17.8 Å². The van der Waals surface area contributed by atoms with E-state index < -0.39 is 0 Å². The number of aromatic amines is 1. The van der Waals surface area contributed by atoms with Gasteiger partial charge in [-0.05, 0) is 31.7 Å². The molecule has 0 atom stereocenters. The number of hydrogen-bond donors (Lipinski definition) is 3.